The molecule has 0 radical (unpaired) electrons. The molecule has 18 heavy (non-hydrogen) atoms. The quantitative estimate of drug-likeness (QED) is 0.521. The zero-order chi connectivity index (χ0) is 13.2. The molecule has 0 unspecified atom stereocenters. The van der Waals surface area contributed by atoms with Crippen molar-refractivity contribution in [3.05, 3.63) is 0 Å². The van der Waals surface area contributed by atoms with E-state index < -0.39 is 0 Å². The number of carbonyl (C=O) groups is 2. The van der Waals surface area contributed by atoms with Gasteiger partial charge in [-0.3, -0.25) is 10.2 Å². The van der Waals surface area contributed by atoms with Gasteiger partial charge in [0, 0.05) is 12.5 Å². The first kappa shape index (κ1) is 14.8. The van der Waals surface area contributed by atoms with Crippen molar-refractivity contribution in [1.82, 2.24) is 16.2 Å². The Labute approximate surface area is 109 Å². The van der Waals surface area contributed by atoms with Crippen LogP contribution in [0.15, 0.2) is 0 Å². The molecule has 0 atom stereocenters. The van der Waals surface area contributed by atoms with Crippen LogP contribution in [0.2, 0.25) is 0 Å². The van der Waals surface area contributed by atoms with E-state index in [0.29, 0.717) is 6.42 Å². The summed E-state index contributed by atoms with van der Waals surface area (Å²) in [7, 11) is 0. The smallest absolute Gasteiger partial charge is 0.333 e. The van der Waals surface area contributed by atoms with Crippen LogP contribution in [0.5, 0.6) is 0 Å². The van der Waals surface area contributed by atoms with Crippen molar-refractivity contribution in [3.63, 3.8) is 0 Å². The van der Waals surface area contributed by atoms with Crippen LogP contribution < -0.4 is 16.2 Å². The summed E-state index contributed by atoms with van der Waals surface area (Å²) in [5.74, 6) is -0.123. The zero-order valence-corrected chi connectivity index (χ0v) is 11.3. The lowest BCUT2D eigenvalue weighted by Crippen LogP contribution is -2.50. The van der Waals surface area contributed by atoms with Gasteiger partial charge in [0.1, 0.15) is 0 Å². The molecule has 1 aliphatic rings. The number of amides is 3. The van der Waals surface area contributed by atoms with E-state index in [1.54, 1.807) is 0 Å². The van der Waals surface area contributed by atoms with Gasteiger partial charge in [-0.1, -0.05) is 39.0 Å². The highest BCUT2D eigenvalue weighted by atomic mass is 16.2. The maximum Gasteiger partial charge on any atom is 0.333 e. The third-order valence-corrected chi connectivity index (χ3v) is 3.26. The summed E-state index contributed by atoms with van der Waals surface area (Å²) in [6.45, 7) is 2.09. The Kier molecular flexibility index (Phi) is 7.22. The van der Waals surface area contributed by atoms with Crippen molar-refractivity contribution < 1.29 is 9.59 Å². The monoisotopic (exact) mass is 255 g/mol. The normalized spacial score (nSPS) is 16.1. The molecular weight excluding hydrogens is 230 g/mol. The third kappa shape index (κ3) is 6.47. The van der Waals surface area contributed by atoms with Gasteiger partial charge in [0.05, 0.1) is 0 Å². The Bertz CT molecular complexity index is 263. The van der Waals surface area contributed by atoms with E-state index in [-0.39, 0.29) is 18.0 Å². The number of hydrogen-bond acceptors (Lipinski definition) is 2. The predicted octanol–water partition coefficient (Wildman–Crippen LogP) is 2.23. The molecular formula is C13H25N3O2. The van der Waals surface area contributed by atoms with E-state index in [0.717, 1.165) is 32.1 Å². The van der Waals surface area contributed by atoms with Gasteiger partial charge in [-0.15, -0.1) is 0 Å². The molecule has 1 aliphatic carbocycles. The first-order valence-corrected chi connectivity index (χ1v) is 7.07. The Hall–Kier alpha value is -1.26. The van der Waals surface area contributed by atoms with Crippen molar-refractivity contribution in [2.24, 2.45) is 0 Å². The molecule has 0 aromatic carbocycles. The lowest BCUT2D eigenvalue weighted by atomic mass is 9.96. The molecule has 0 saturated heterocycles. The number of urea groups is 1. The van der Waals surface area contributed by atoms with E-state index in [1.165, 1.54) is 19.3 Å². The molecule has 1 fully saturated rings. The summed E-state index contributed by atoms with van der Waals surface area (Å²) < 4.78 is 0. The van der Waals surface area contributed by atoms with Crippen LogP contribution in [0.25, 0.3) is 0 Å². The maximum atomic E-state index is 11.5. The highest BCUT2D eigenvalue weighted by molar-refractivity contribution is 5.81. The van der Waals surface area contributed by atoms with Crippen molar-refractivity contribution in [3.8, 4) is 0 Å². The van der Waals surface area contributed by atoms with Gasteiger partial charge < -0.3 is 5.32 Å². The van der Waals surface area contributed by atoms with Crippen molar-refractivity contribution >= 4 is 11.9 Å². The summed E-state index contributed by atoms with van der Waals surface area (Å²) in [6.07, 6.45) is 9.16. The first-order chi connectivity index (χ1) is 8.72. The standard InChI is InChI=1S/C13H25N3O2/c1-2-3-5-10-12(17)15-16-13(18)14-11-8-6-4-7-9-11/h11H,2-10H2,1H3,(H,15,17)(H2,14,16,18). The fourth-order valence-electron chi connectivity index (χ4n) is 2.19. The molecule has 0 aromatic rings. The molecule has 1 rings (SSSR count). The molecule has 5 heteroatoms. The summed E-state index contributed by atoms with van der Waals surface area (Å²) in [4.78, 5) is 22.9. The highest BCUT2D eigenvalue weighted by Crippen LogP contribution is 2.16. The number of unbranched alkanes of at least 4 members (excludes halogenated alkanes) is 2. The fraction of sp³-hybridized carbons (Fsp3) is 0.846. The Morgan fingerprint density at radius 1 is 1.06 bits per heavy atom. The molecule has 5 nitrogen and oxygen atoms in total. The second-order valence-electron chi connectivity index (χ2n) is 4.94. The molecule has 0 aromatic heterocycles. The molecule has 0 heterocycles. The van der Waals surface area contributed by atoms with Crippen LogP contribution >= 0.6 is 0 Å². The Morgan fingerprint density at radius 2 is 1.78 bits per heavy atom. The largest absolute Gasteiger partial charge is 0.334 e. The lowest BCUT2D eigenvalue weighted by Gasteiger charge is -2.22. The third-order valence-electron chi connectivity index (χ3n) is 3.26. The minimum Gasteiger partial charge on any atom is -0.334 e. The minimum atomic E-state index is -0.300. The van der Waals surface area contributed by atoms with E-state index in [4.69, 9.17) is 0 Å². The molecule has 3 amide bonds. The van der Waals surface area contributed by atoms with E-state index in [9.17, 15) is 9.59 Å². The average molecular weight is 255 g/mol. The Balaban J connectivity index is 2.06. The number of nitrogens with one attached hydrogen (secondary N) is 3. The van der Waals surface area contributed by atoms with Crippen LogP contribution in [-0.4, -0.2) is 18.0 Å². The van der Waals surface area contributed by atoms with E-state index in [2.05, 4.69) is 23.1 Å². The minimum absolute atomic E-state index is 0.123. The molecule has 1 saturated carbocycles. The van der Waals surface area contributed by atoms with Gasteiger partial charge >= 0.3 is 6.03 Å². The lowest BCUT2D eigenvalue weighted by molar-refractivity contribution is -0.121. The number of hydrazine groups is 1. The topological polar surface area (TPSA) is 70.2 Å². The van der Waals surface area contributed by atoms with Gasteiger partial charge in [-0.25, -0.2) is 10.2 Å². The predicted molar refractivity (Wildman–Crippen MR) is 70.8 cm³/mol. The fourth-order valence-corrected chi connectivity index (χ4v) is 2.19. The summed E-state index contributed by atoms with van der Waals surface area (Å²) in [5, 5.41) is 2.88. The van der Waals surface area contributed by atoms with Crippen LogP contribution in [0.1, 0.15) is 64.7 Å². The molecule has 0 bridgehead atoms. The summed E-state index contributed by atoms with van der Waals surface area (Å²) >= 11 is 0. The highest BCUT2D eigenvalue weighted by Gasteiger charge is 2.15. The van der Waals surface area contributed by atoms with Gasteiger partial charge in [0.2, 0.25) is 5.91 Å². The summed E-state index contributed by atoms with van der Waals surface area (Å²) in [6, 6.07) is -0.0403. The van der Waals surface area contributed by atoms with Crippen LogP contribution in [-0.2, 0) is 4.79 Å². The van der Waals surface area contributed by atoms with Gasteiger partial charge in [0.15, 0.2) is 0 Å². The maximum absolute atomic E-state index is 11.5. The summed E-state index contributed by atoms with van der Waals surface area (Å²) in [5.41, 5.74) is 4.84. The molecule has 0 aliphatic heterocycles. The number of hydrogen-bond donors (Lipinski definition) is 3. The van der Waals surface area contributed by atoms with E-state index in [1.807, 2.05) is 0 Å². The second-order valence-corrected chi connectivity index (χ2v) is 4.94. The van der Waals surface area contributed by atoms with Crippen molar-refractivity contribution in [2.45, 2.75) is 70.8 Å². The van der Waals surface area contributed by atoms with Crippen LogP contribution in [0.4, 0.5) is 4.79 Å². The van der Waals surface area contributed by atoms with Crippen LogP contribution in [0, 0.1) is 0 Å². The first-order valence-electron chi connectivity index (χ1n) is 7.07. The van der Waals surface area contributed by atoms with Crippen molar-refractivity contribution in [2.75, 3.05) is 0 Å². The number of carbonyl (C=O) groups excluding carboxylic acids is 2. The molecule has 104 valence electrons. The Morgan fingerprint density at radius 3 is 2.44 bits per heavy atom. The average Bonchev–Trinajstić information content (AvgIpc) is 2.38. The SMILES string of the molecule is CCCCCC(=O)NNC(=O)NC1CCCCC1. The van der Waals surface area contributed by atoms with E-state index >= 15 is 0 Å². The molecule has 0 spiro atoms. The second kappa shape index (κ2) is 8.78. The van der Waals surface area contributed by atoms with Gasteiger partial charge in [0.25, 0.3) is 0 Å². The zero-order valence-electron chi connectivity index (χ0n) is 11.3. The van der Waals surface area contributed by atoms with Gasteiger partial charge in [-0.2, -0.15) is 0 Å². The van der Waals surface area contributed by atoms with Gasteiger partial charge in [-0.05, 0) is 19.3 Å². The van der Waals surface area contributed by atoms with Crippen molar-refractivity contribution in [1.29, 1.82) is 0 Å². The van der Waals surface area contributed by atoms with Crippen LogP contribution in [0.3, 0.4) is 0 Å². The molecule has 3 N–H and O–H groups in total. The number of rotatable bonds is 5.